The lowest BCUT2D eigenvalue weighted by atomic mass is 9.99. The first-order valence-corrected chi connectivity index (χ1v) is 17.8. The van der Waals surface area contributed by atoms with Crippen molar-refractivity contribution in [3.8, 4) is 0 Å². The normalized spacial score (nSPS) is 20.4. The number of aliphatic hydroxyl groups is 1. The van der Waals surface area contributed by atoms with Crippen molar-refractivity contribution in [1.82, 2.24) is 31.9 Å². The fourth-order valence-corrected chi connectivity index (χ4v) is 5.53. The number of carboxylic acid groups (broad SMARTS) is 2. The molecule has 19 heteroatoms. The van der Waals surface area contributed by atoms with Crippen LogP contribution in [0.4, 0.5) is 0 Å². The topological polar surface area (TPSA) is 305 Å². The van der Waals surface area contributed by atoms with Gasteiger partial charge in [0, 0.05) is 6.04 Å². The largest absolute Gasteiger partial charge is 0.481 e. The van der Waals surface area contributed by atoms with Crippen LogP contribution in [0.3, 0.4) is 0 Å². The molecule has 1 heterocycles. The predicted molar refractivity (Wildman–Crippen MR) is 189 cm³/mol. The average Bonchev–Trinajstić information content (AvgIpc) is 3.36. The van der Waals surface area contributed by atoms with Gasteiger partial charge in [-0.25, -0.2) is 0 Å². The Labute approximate surface area is 309 Å². The van der Waals surface area contributed by atoms with Crippen molar-refractivity contribution in [2.75, 3.05) is 13.2 Å². The van der Waals surface area contributed by atoms with Crippen molar-refractivity contribution in [1.29, 1.82) is 0 Å². The minimum atomic E-state index is -1.72. The summed E-state index contributed by atoms with van der Waals surface area (Å²) in [5, 5.41) is 43.6. The maximum absolute atomic E-state index is 13.6. The summed E-state index contributed by atoms with van der Waals surface area (Å²) in [6, 6.07) is -8.50. The predicted octanol–water partition coefficient (Wildman–Crippen LogP) is -2.03. The Hall–Kier alpha value is -4.20. The van der Waals surface area contributed by atoms with E-state index in [-0.39, 0.29) is 49.2 Å². The molecule has 1 fully saturated rings. The van der Waals surface area contributed by atoms with Crippen LogP contribution in [-0.4, -0.2) is 125 Å². The van der Waals surface area contributed by atoms with E-state index in [2.05, 4.69) is 31.9 Å². The van der Waals surface area contributed by atoms with Gasteiger partial charge < -0.3 is 57.2 Å². The first-order valence-electron chi connectivity index (χ1n) is 17.8. The van der Waals surface area contributed by atoms with Gasteiger partial charge in [-0.05, 0) is 42.9 Å². The Morgan fingerprint density at radius 1 is 0.660 bits per heavy atom. The van der Waals surface area contributed by atoms with E-state index in [1.165, 1.54) is 0 Å². The molecule has 0 aromatic rings. The van der Waals surface area contributed by atoms with Gasteiger partial charge in [0.1, 0.15) is 42.7 Å². The van der Waals surface area contributed by atoms with E-state index in [0.717, 1.165) is 0 Å². The average molecular weight is 758 g/mol. The highest BCUT2D eigenvalue weighted by Crippen LogP contribution is 2.17. The number of amides is 5. The molecule has 1 aliphatic rings. The number of carbonyl (C=O) groups is 8. The van der Waals surface area contributed by atoms with Crippen molar-refractivity contribution in [3.05, 3.63) is 0 Å². The summed E-state index contributed by atoms with van der Waals surface area (Å²) < 4.78 is 5.58. The van der Waals surface area contributed by atoms with Crippen LogP contribution in [0, 0.1) is 23.7 Å². The molecule has 5 amide bonds. The zero-order chi connectivity index (χ0) is 40.6. The number of rotatable bonds is 24. The number of nitrogens with one attached hydrogen (secondary N) is 6. The first kappa shape index (κ1) is 46.8. The van der Waals surface area contributed by atoms with Gasteiger partial charge in [0.2, 0.25) is 29.5 Å². The van der Waals surface area contributed by atoms with Crippen LogP contribution < -0.4 is 37.6 Å². The van der Waals surface area contributed by atoms with Crippen molar-refractivity contribution in [2.24, 2.45) is 29.4 Å². The first-order chi connectivity index (χ1) is 24.7. The number of carboxylic acids is 2. The molecule has 0 aromatic carbocycles. The Balaban J connectivity index is 3.22. The van der Waals surface area contributed by atoms with Crippen LogP contribution in [0.5, 0.6) is 0 Å². The third-order valence-corrected chi connectivity index (χ3v) is 8.33. The maximum Gasteiger partial charge on any atom is 0.305 e. The number of aldehydes is 1. The molecule has 0 saturated carbocycles. The third-order valence-electron chi connectivity index (χ3n) is 8.33. The van der Waals surface area contributed by atoms with Crippen LogP contribution in [0.25, 0.3) is 0 Å². The molecule has 0 spiro atoms. The molecule has 0 aliphatic carbocycles. The van der Waals surface area contributed by atoms with Gasteiger partial charge in [0.15, 0.2) is 0 Å². The standard InChI is InChI=1S/C34H59N7O12/c1-16(2)8-21(29(48)36-20(13-42)11-26(44)45)37-32(51)24(12-27(46)47)40-31(50)22(9-17(3)4)38-30(49)23(10-18(5)6)39-33(52)25(14-43)41-34-28(35)19(7)15-53-34/h13,16-25,28,34,41,43H,8-12,14-15,35H2,1-7H3,(H,36,48)(H,37,51)(H,38,49)(H,39,52)(H,40,50)(H,44,45)(H,46,47)/t19-,20-,21-,22-,23-,24-,25-,28-,34?/m0/s1. The van der Waals surface area contributed by atoms with Crippen molar-refractivity contribution >= 4 is 47.8 Å². The molecule has 1 aliphatic heterocycles. The van der Waals surface area contributed by atoms with E-state index in [1.807, 2.05) is 20.8 Å². The molecular formula is C34H59N7O12. The van der Waals surface area contributed by atoms with Gasteiger partial charge in [0.05, 0.1) is 32.1 Å². The fourth-order valence-electron chi connectivity index (χ4n) is 5.53. The van der Waals surface area contributed by atoms with E-state index in [0.29, 0.717) is 6.61 Å². The minimum absolute atomic E-state index is 0.00663. The van der Waals surface area contributed by atoms with E-state index in [4.69, 9.17) is 15.6 Å². The van der Waals surface area contributed by atoms with Gasteiger partial charge >= 0.3 is 11.9 Å². The number of ether oxygens (including phenoxy) is 1. The van der Waals surface area contributed by atoms with Crippen LogP contribution in [0.2, 0.25) is 0 Å². The van der Waals surface area contributed by atoms with Gasteiger partial charge in [-0.1, -0.05) is 48.5 Å². The second-order valence-corrected chi connectivity index (χ2v) is 14.8. The molecule has 1 rings (SSSR count). The summed E-state index contributed by atoms with van der Waals surface area (Å²) in [6.45, 7) is 12.2. The number of carbonyl (C=O) groups excluding carboxylic acids is 6. The highest BCUT2D eigenvalue weighted by molar-refractivity contribution is 5.97. The zero-order valence-electron chi connectivity index (χ0n) is 31.5. The van der Waals surface area contributed by atoms with Crippen LogP contribution in [0.15, 0.2) is 0 Å². The lowest BCUT2D eigenvalue weighted by Crippen LogP contribution is -2.61. The molecule has 302 valence electrons. The van der Waals surface area contributed by atoms with Crippen LogP contribution in [-0.2, 0) is 43.1 Å². The summed E-state index contributed by atoms with van der Waals surface area (Å²) in [6.07, 6.45) is -1.87. The Morgan fingerprint density at radius 3 is 1.38 bits per heavy atom. The smallest absolute Gasteiger partial charge is 0.305 e. The zero-order valence-corrected chi connectivity index (χ0v) is 31.5. The summed E-state index contributed by atoms with van der Waals surface area (Å²) in [5.74, 6) is -7.61. The molecule has 53 heavy (non-hydrogen) atoms. The minimum Gasteiger partial charge on any atom is -0.481 e. The molecule has 9 atom stereocenters. The van der Waals surface area contributed by atoms with Crippen molar-refractivity contribution in [2.45, 2.75) is 129 Å². The summed E-state index contributed by atoms with van der Waals surface area (Å²) in [5.41, 5.74) is 6.13. The van der Waals surface area contributed by atoms with Crippen LogP contribution in [0.1, 0.15) is 80.6 Å². The molecule has 19 nitrogen and oxygen atoms in total. The molecule has 0 radical (unpaired) electrons. The van der Waals surface area contributed by atoms with E-state index >= 15 is 0 Å². The molecule has 11 N–H and O–H groups in total. The Bertz CT molecular complexity index is 1280. The van der Waals surface area contributed by atoms with E-state index < -0.39 is 109 Å². The number of hydrogen-bond donors (Lipinski definition) is 10. The number of aliphatic hydroxyl groups excluding tert-OH is 1. The monoisotopic (exact) mass is 757 g/mol. The quantitative estimate of drug-likeness (QED) is 0.0475. The highest BCUT2D eigenvalue weighted by atomic mass is 16.5. The second kappa shape index (κ2) is 22.8. The summed E-state index contributed by atoms with van der Waals surface area (Å²) >= 11 is 0. The number of aliphatic carboxylic acids is 2. The number of nitrogens with two attached hydrogens (primary N) is 1. The Morgan fingerprint density at radius 2 is 1.04 bits per heavy atom. The van der Waals surface area contributed by atoms with E-state index in [9.17, 15) is 48.6 Å². The molecule has 1 saturated heterocycles. The summed E-state index contributed by atoms with van der Waals surface area (Å²) in [7, 11) is 0. The Kier molecular flexibility index (Phi) is 20.1. The molecular weight excluding hydrogens is 698 g/mol. The molecule has 1 unspecified atom stereocenters. The third kappa shape index (κ3) is 17.0. The molecule has 0 aromatic heterocycles. The fraction of sp³-hybridized carbons (Fsp3) is 0.765. The second-order valence-electron chi connectivity index (χ2n) is 14.8. The summed E-state index contributed by atoms with van der Waals surface area (Å²) in [4.78, 5) is 101. The lowest BCUT2D eigenvalue weighted by molar-refractivity contribution is -0.141. The lowest BCUT2D eigenvalue weighted by Gasteiger charge is -2.29. The highest BCUT2D eigenvalue weighted by Gasteiger charge is 2.37. The van der Waals surface area contributed by atoms with Gasteiger partial charge in [-0.15, -0.1) is 0 Å². The molecule has 0 bridgehead atoms. The van der Waals surface area contributed by atoms with Crippen molar-refractivity contribution < 1.29 is 58.4 Å². The maximum atomic E-state index is 13.6. The van der Waals surface area contributed by atoms with Crippen LogP contribution >= 0.6 is 0 Å². The van der Waals surface area contributed by atoms with Gasteiger partial charge in [-0.3, -0.25) is 38.9 Å². The van der Waals surface area contributed by atoms with E-state index in [1.54, 1.807) is 27.7 Å². The SMILES string of the molecule is CC(C)C[C@H](NC(=O)[C@H](CC(=O)O)NC(=O)[C@H](CC(C)C)NC(=O)[C@H](CC(C)C)NC(=O)[C@H](CO)NC1OC[C@H](C)[C@@H]1N)C(=O)N[C@H](C=O)CC(=O)O. The number of hydrogen-bond acceptors (Lipinski definition) is 12. The van der Waals surface area contributed by atoms with Gasteiger partial charge in [-0.2, -0.15) is 0 Å². The van der Waals surface area contributed by atoms with Gasteiger partial charge in [0.25, 0.3) is 0 Å². The van der Waals surface area contributed by atoms with Crippen molar-refractivity contribution in [3.63, 3.8) is 0 Å².